The van der Waals surface area contributed by atoms with Gasteiger partial charge in [-0.05, 0) is 19.3 Å². The SMILES string of the molecule is CCCCCCCCCCCCCCCCCCCCCCC(=O)OCC(COC(=O)CCCCCCCCCC)OC(=O)CCCCCCCCCCCCCC. The van der Waals surface area contributed by atoms with Crippen LogP contribution in [0.25, 0.3) is 0 Å². The first kappa shape index (κ1) is 56.4. The van der Waals surface area contributed by atoms with Crippen molar-refractivity contribution >= 4 is 17.9 Å². The molecule has 0 amide bonds. The summed E-state index contributed by atoms with van der Waals surface area (Å²) in [6.45, 7) is 6.65. The van der Waals surface area contributed by atoms with Crippen molar-refractivity contribution in [2.24, 2.45) is 0 Å². The van der Waals surface area contributed by atoms with E-state index in [1.807, 2.05) is 0 Å². The normalized spacial score (nSPS) is 11.8. The Morgan fingerprint density at radius 1 is 0.276 bits per heavy atom. The van der Waals surface area contributed by atoms with Gasteiger partial charge in [0.25, 0.3) is 0 Å². The Hall–Kier alpha value is -1.59. The molecule has 0 aromatic carbocycles. The fraction of sp³-hybridized carbons (Fsp3) is 0.942. The molecule has 1 atom stereocenters. The Balaban J connectivity index is 4.16. The standard InChI is InChI=1S/C52H100O6/c1-4-7-10-13-16-19-21-23-24-25-26-27-28-29-30-32-33-36-39-42-45-51(54)57-48-49(47-56-50(53)44-41-38-35-18-15-12-9-6-3)58-52(55)46-43-40-37-34-31-22-20-17-14-11-8-5-2/h49H,4-48H2,1-3H3. The smallest absolute Gasteiger partial charge is 0.306 e. The first-order valence-electron chi connectivity index (χ1n) is 26.0. The third kappa shape index (κ3) is 45.5. The average Bonchev–Trinajstić information content (AvgIpc) is 3.22. The maximum Gasteiger partial charge on any atom is 0.306 e. The van der Waals surface area contributed by atoms with E-state index in [0.29, 0.717) is 19.3 Å². The van der Waals surface area contributed by atoms with Gasteiger partial charge >= 0.3 is 17.9 Å². The van der Waals surface area contributed by atoms with Crippen molar-refractivity contribution < 1.29 is 28.6 Å². The third-order valence-corrected chi connectivity index (χ3v) is 11.9. The highest BCUT2D eigenvalue weighted by atomic mass is 16.6. The molecular formula is C52H100O6. The third-order valence-electron chi connectivity index (χ3n) is 11.9. The van der Waals surface area contributed by atoms with Gasteiger partial charge in [-0.2, -0.15) is 0 Å². The molecule has 0 bridgehead atoms. The second kappa shape index (κ2) is 48.1. The summed E-state index contributed by atoms with van der Waals surface area (Å²) in [7, 11) is 0. The number of ether oxygens (including phenoxy) is 3. The van der Waals surface area contributed by atoms with E-state index >= 15 is 0 Å². The molecule has 0 heterocycles. The van der Waals surface area contributed by atoms with Crippen LogP contribution in [-0.4, -0.2) is 37.2 Å². The number of carbonyl (C=O) groups is 3. The van der Waals surface area contributed by atoms with E-state index < -0.39 is 6.10 Å². The summed E-state index contributed by atoms with van der Waals surface area (Å²) in [5.41, 5.74) is 0. The number of unbranched alkanes of at least 4 members (excludes halogenated alkanes) is 37. The maximum atomic E-state index is 12.7. The van der Waals surface area contributed by atoms with Crippen molar-refractivity contribution in [3.8, 4) is 0 Å². The predicted octanol–water partition coefficient (Wildman–Crippen LogP) is 16.8. The van der Waals surface area contributed by atoms with Crippen LogP contribution < -0.4 is 0 Å². The van der Waals surface area contributed by atoms with Gasteiger partial charge in [0.1, 0.15) is 13.2 Å². The molecule has 0 saturated carbocycles. The number of esters is 3. The van der Waals surface area contributed by atoms with Crippen molar-refractivity contribution in [2.75, 3.05) is 13.2 Å². The molecule has 0 saturated heterocycles. The van der Waals surface area contributed by atoms with E-state index in [1.165, 1.54) is 199 Å². The van der Waals surface area contributed by atoms with Gasteiger partial charge in [0.15, 0.2) is 6.10 Å². The van der Waals surface area contributed by atoms with E-state index in [2.05, 4.69) is 20.8 Å². The lowest BCUT2D eigenvalue weighted by Gasteiger charge is -2.18. The molecule has 1 unspecified atom stereocenters. The maximum absolute atomic E-state index is 12.7. The zero-order valence-corrected chi connectivity index (χ0v) is 39.3. The second-order valence-corrected chi connectivity index (χ2v) is 17.8. The molecule has 0 rings (SSSR count). The highest BCUT2D eigenvalue weighted by Gasteiger charge is 2.19. The lowest BCUT2D eigenvalue weighted by molar-refractivity contribution is -0.167. The van der Waals surface area contributed by atoms with E-state index in [4.69, 9.17) is 14.2 Å². The van der Waals surface area contributed by atoms with E-state index in [0.717, 1.165) is 57.8 Å². The molecule has 344 valence electrons. The van der Waals surface area contributed by atoms with Gasteiger partial charge in [-0.1, -0.05) is 258 Å². The molecule has 0 aromatic rings. The molecule has 0 N–H and O–H groups in total. The quantitative estimate of drug-likeness (QED) is 0.0346. The van der Waals surface area contributed by atoms with Crippen LogP contribution in [0.15, 0.2) is 0 Å². The van der Waals surface area contributed by atoms with Crippen molar-refractivity contribution in [3.05, 3.63) is 0 Å². The molecular weight excluding hydrogens is 721 g/mol. The van der Waals surface area contributed by atoms with Crippen LogP contribution in [0.5, 0.6) is 0 Å². The van der Waals surface area contributed by atoms with Gasteiger partial charge in [-0.3, -0.25) is 14.4 Å². The minimum absolute atomic E-state index is 0.0623. The monoisotopic (exact) mass is 821 g/mol. The van der Waals surface area contributed by atoms with E-state index in [9.17, 15) is 14.4 Å². The predicted molar refractivity (Wildman–Crippen MR) is 247 cm³/mol. The molecule has 0 aliphatic rings. The highest BCUT2D eigenvalue weighted by Crippen LogP contribution is 2.17. The fourth-order valence-corrected chi connectivity index (χ4v) is 7.92. The minimum Gasteiger partial charge on any atom is -0.462 e. The van der Waals surface area contributed by atoms with Gasteiger partial charge < -0.3 is 14.2 Å². The van der Waals surface area contributed by atoms with Crippen LogP contribution in [0.3, 0.4) is 0 Å². The number of hydrogen-bond donors (Lipinski definition) is 0. The first-order chi connectivity index (χ1) is 28.5. The summed E-state index contributed by atoms with van der Waals surface area (Å²) < 4.78 is 16.7. The van der Waals surface area contributed by atoms with Crippen molar-refractivity contribution in [1.29, 1.82) is 0 Å². The Bertz CT molecular complexity index is 859. The minimum atomic E-state index is -0.758. The lowest BCUT2D eigenvalue weighted by atomic mass is 10.0. The van der Waals surface area contributed by atoms with Gasteiger partial charge in [-0.25, -0.2) is 0 Å². The Morgan fingerprint density at radius 2 is 0.466 bits per heavy atom. The van der Waals surface area contributed by atoms with Crippen molar-refractivity contribution in [3.63, 3.8) is 0 Å². The highest BCUT2D eigenvalue weighted by molar-refractivity contribution is 5.71. The summed E-state index contributed by atoms with van der Waals surface area (Å²) >= 11 is 0. The zero-order chi connectivity index (χ0) is 42.3. The van der Waals surface area contributed by atoms with Crippen LogP contribution in [0.1, 0.15) is 297 Å². The van der Waals surface area contributed by atoms with Crippen LogP contribution >= 0.6 is 0 Å². The molecule has 0 aromatic heterocycles. The van der Waals surface area contributed by atoms with Crippen molar-refractivity contribution in [1.82, 2.24) is 0 Å². The Morgan fingerprint density at radius 3 is 0.690 bits per heavy atom. The topological polar surface area (TPSA) is 78.9 Å². The number of carbonyl (C=O) groups excluding carboxylic acids is 3. The van der Waals surface area contributed by atoms with E-state index in [-0.39, 0.29) is 31.1 Å². The fourth-order valence-electron chi connectivity index (χ4n) is 7.92. The number of rotatable bonds is 48. The zero-order valence-electron chi connectivity index (χ0n) is 39.3. The first-order valence-corrected chi connectivity index (χ1v) is 26.0. The summed E-state index contributed by atoms with van der Waals surface area (Å²) in [5.74, 6) is -0.848. The average molecular weight is 821 g/mol. The van der Waals surface area contributed by atoms with Crippen LogP contribution in [0, 0.1) is 0 Å². The largest absolute Gasteiger partial charge is 0.462 e. The molecule has 0 aliphatic carbocycles. The molecule has 0 radical (unpaired) electrons. The van der Waals surface area contributed by atoms with Crippen LogP contribution in [0.4, 0.5) is 0 Å². The molecule has 6 heteroatoms. The molecule has 0 aliphatic heterocycles. The van der Waals surface area contributed by atoms with Gasteiger partial charge in [0.05, 0.1) is 0 Å². The van der Waals surface area contributed by atoms with E-state index in [1.54, 1.807) is 0 Å². The summed E-state index contributed by atoms with van der Waals surface area (Å²) in [4.78, 5) is 37.8. The van der Waals surface area contributed by atoms with Crippen molar-refractivity contribution in [2.45, 2.75) is 303 Å². The van der Waals surface area contributed by atoms with Crippen LogP contribution in [-0.2, 0) is 28.6 Å². The van der Waals surface area contributed by atoms with Gasteiger partial charge in [0.2, 0.25) is 0 Å². The molecule has 6 nitrogen and oxygen atoms in total. The molecule has 0 fully saturated rings. The number of hydrogen-bond acceptors (Lipinski definition) is 6. The van der Waals surface area contributed by atoms with Gasteiger partial charge in [-0.15, -0.1) is 0 Å². The van der Waals surface area contributed by atoms with Gasteiger partial charge in [0, 0.05) is 19.3 Å². The van der Waals surface area contributed by atoms with Crippen LogP contribution in [0.2, 0.25) is 0 Å². The summed E-state index contributed by atoms with van der Waals surface area (Å²) in [5, 5.41) is 0. The Kier molecular flexibility index (Phi) is 46.8. The summed E-state index contributed by atoms with van der Waals surface area (Å²) in [6.07, 6.45) is 51.0. The molecule has 58 heavy (non-hydrogen) atoms. The molecule has 0 spiro atoms. The Labute approximate surface area is 361 Å². The lowest BCUT2D eigenvalue weighted by Crippen LogP contribution is -2.30. The summed E-state index contributed by atoms with van der Waals surface area (Å²) in [6, 6.07) is 0. The second-order valence-electron chi connectivity index (χ2n) is 17.8.